The lowest BCUT2D eigenvalue weighted by Gasteiger charge is -2.40. The Labute approximate surface area is 170 Å². The van der Waals surface area contributed by atoms with Gasteiger partial charge in [-0.05, 0) is 43.4 Å². The van der Waals surface area contributed by atoms with Crippen LogP contribution in [0.1, 0.15) is 40.9 Å². The smallest absolute Gasteiger partial charge is 0.255 e. The zero-order chi connectivity index (χ0) is 20.0. The van der Waals surface area contributed by atoms with Crippen LogP contribution < -0.4 is 4.90 Å². The monoisotopic (exact) mass is 387 g/mol. The van der Waals surface area contributed by atoms with Gasteiger partial charge in [0.1, 0.15) is 0 Å². The first kappa shape index (κ1) is 18.0. The highest BCUT2D eigenvalue weighted by Crippen LogP contribution is 2.44. The van der Waals surface area contributed by atoms with Crippen LogP contribution in [0.25, 0.3) is 10.9 Å². The molecule has 1 aromatic carbocycles. The van der Waals surface area contributed by atoms with Crippen molar-refractivity contribution in [3.05, 3.63) is 59.5 Å². The van der Waals surface area contributed by atoms with Crippen molar-refractivity contribution in [3.63, 3.8) is 0 Å². The molecule has 1 aliphatic heterocycles. The number of benzene rings is 1. The summed E-state index contributed by atoms with van der Waals surface area (Å²) in [5, 5.41) is 1.000. The molecule has 1 amide bonds. The summed E-state index contributed by atoms with van der Waals surface area (Å²) < 4.78 is 0. The number of hydrogen-bond acceptors (Lipinski definition) is 5. The molecule has 0 radical (unpaired) electrons. The van der Waals surface area contributed by atoms with Crippen molar-refractivity contribution in [1.82, 2.24) is 19.9 Å². The van der Waals surface area contributed by atoms with Gasteiger partial charge in [0.05, 0.1) is 16.8 Å². The zero-order valence-corrected chi connectivity index (χ0v) is 16.9. The molecule has 29 heavy (non-hydrogen) atoms. The van der Waals surface area contributed by atoms with Crippen LogP contribution in [0.2, 0.25) is 0 Å². The van der Waals surface area contributed by atoms with Crippen molar-refractivity contribution in [2.75, 3.05) is 32.1 Å². The Morgan fingerprint density at radius 2 is 2.00 bits per heavy atom. The number of aryl methyl sites for hydroxylation is 1. The summed E-state index contributed by atoms with van der Waals surface area (Å²) in [7, 11) is 3.93. The number of pyridine rings is 1. The fourth-order valence-electron chi connectivity index (χ4n) is 4.82. The Bertz CT molecular complexity index is 1090. The van der Waals surface area contributed by atoms with E-state index in [2.05, 4.69) is 9.97 Å². The fraction of sp³-hybridized carbons (Fsp3) is 0.391. The van der Waals surface area contributed by atoms with Gasteiger partial charge in [-0.1, -0.05) is 18.2 Å². The number of amides is 1. The first-order valence-electron chi connectivity index (χ1n) is 10.2. The van der Waals surface area contributed by atoms with Gasteiger partial charge in [0.25, 0.3) is 5.91 Å². The van der Waals surface area contributed by atoms with Crippen LogP contribution in [-0.4, -0.2) is 52.9 Å². The molecule has 0 bridgehead atoms. The largest absolute Gasteiger partial charge is 0.347 e. The van der Waals surface area contributed by atoms with Gasteiger partial charge >= 0.3 is 0 Å². The van der Waals surface area contributed by atoms with Crippen LogP contribution in [0, 0.1) is 0 Å². The van der Waals surface area contributed by atoms with E-state index in [1.54, 1.807) is 6.20 Å². The number of para-hydroxylation sites is 1. The number of hydrogen-bond donors (Lipinski definition) is 0. The predicted molar refractivity (Wildman–Crippen MR) is 113 cm³/mol. The van der Waals surface area contributed by atoms with Gasteiger partial charge in [-0.2, -0.15) is 0 Å². The molecule has 5 rings (SSSR count). The third-order valence-electron chi connectivity index (χ3n) is 6.33. The van der Waals surface area contributed by atoms with Gasteiger partial charge in [-0.3, -0.25) is 9.78 Å². The van der Waals surface area contributed by atoms with Crippen LogP contribution in [0.3, 0.4) is 0 Å². The maximum Gasteiger partial charge on any atom is 0.255 e. The Balaban J connectivity index is 1.45. The van der Waals surface area contributed by atoms with Crippen LogP contribution in [0.5, 0.6) is 0 Å². The van der Waals surface area contributed by atoms with Gasteiger partial charge in [0.15, 0.2) is 0 Å². The van der Waals surface area contributed by atoms with E-state index >= 15 is 0 Å². The SMILES string of the molecule is CN(C)c1ncc2c(n1)C1(CCCN(C(=O)c3cnc4ccccc4c3)C1)CC2. The topological polar surface area (TPSA) is 62.2 Å². The van der Waals surface area contributed by atoms with E-state index in [1.807, 2.05) is 60.4 Å². The number of carbonyl (C=O) groups excluding carboxylic acids is 1. The van der Waals surface area contributed by atoms with Crippen LogP contribution in [0.15, 0.2) is 42.7 Å². The molecule has 148 valence electrons. The van der Waals surface area contributed by atoms with E-state index in [1.165, 1.54) is 5.56 Å². The molecule has 1 atom stereocenters. The number of piperidine rings is 1. The lowest BCUT2D eigenvalue weighted by atomic mass is 9.77. The molecular formula is C23H25N5O. The summed E-state index contributed by atoms with van der Waals surface area (Å²) >= 11 is 0. The molecule has 3 aromatic rings. The van der Waals surface area contributed by atoms with Gasteiger partial charge < -0.3 is 9.80 Å². The first-order valence-corrected chi connectivity index (χ1v) is 10.2. The highest BCUT2D eigenvalue weighted by atomic mass is 16.2. The summed E-state index contributed by atoms with van der Waals surface area (Å²) in [5.74, 6) is 0.810. The minimum absolute atomic E-state index is 0.0543. The number of fused-ring (bicyclic) bond motifs is 3. The maximum atomic E-state index is 13.3. The van der Waals surface area contributed by atoms with Crippen LogP contribution >= 0.6 is 0 Å². The summed E-state index contributed by atoms with van der Waals surface area (Å²) in [6.45, 7) is 1.50. The first-order chi connectivity index (χ1) is 14.1. The lowest BCUT2D eigenvalue weighted by molar-refractivity contribution is 0.0633. The highest BCUT2D eigenvalue weighted by molar-refractivity contribution is 5.97. The second-order valence-corrected chi connectivity index (χ2v) is 8.47. The Morgan fingerprint density at radius 3 is 2.86 bits per heavy atom. The van der Waals surface area contributed by atoms with Crippen molar-refractivity contribution in [1.29, 1.82) is 0 Å². The molecule has 0 N–H and O–H groups in total. The van der Waals surface area contributed by atoms with E-state index in [0.29, 0.717) is 5.56 Å². The molecule has 1 aliphatic carbocycles. The Kier molecular flexibility index (Phi) is 4.23. The van der Waals surface area contributed by atoms with Crippen LogP contribution in [0.4, 0.5) is 5.95 Å². The number of rotatable bonds is 2. The van der Waals surface area contributed by atoms with Gasteiger partial charge in [0, 0.05) is 50.4 Å². The van der Waals surface area contributed by atoms with Gasteiger partial charge in [0.2, 0.25) is 5.95 Å². The van der Waals surface area contributed by atoms with Crippen molar-refractivity contribution in [2.45, 2.75) is 31.1 Å². The average Bonchev–Trinajstić information content (AvgIpc) is 3.10. The molecule has 0 saturated carbocycles. The second kappa shape index (κ2) is 6.79. The highest BCUT2D eigenvalue weighted by Gasteiger charge is 2.45. The van der Waals surface area contributed by atoms with E-state index in [0.717, 1.165) is 61.3 Å². The molecule has 3 heterocycles. The standard InChI is InChI=1S/C23H25N5O/c1-27(2)22-25-13-17-8-10-23(20(17)26-22)9-5-11-28(15-23)21(29)18-12-16-6-3-4-7-19(16)24-14-18/h3-4,6-7,12-14H,5,8-11,15H2,1-2H3. The molecule has 1 fully saturated rings. The molecule has 1 spiro atoms. The fourth-order valence-corrected chi connectivity index (χ4v) is 4.82. The predicted octanol–water partition coefficient (Wildman–Crippen LogP) is 3.21. The number of anilines is 1. The Morgan fingerprint density at radius 1 is 1.14 bits per heavy atom. The molecule has 2 aliphatic rings. The maximum absolute atomic E-state index is 13.3. The van der Waals surface area contributed by atoms with E-state index in [-0.39, 0.29) is 11.3 Å². The summed E-state index contributed by atoms with van der Waals surface area (Å²) in [6.07, 6.45) is 7.77. The normalized spacial score (nSPS) is 20.8. The van der Waals surface area contributed by atoms with Crippen molar-refractivity contribution in [2.24, 2.45) is 0 Å². The number of aromatic nitrogens is 3. The second-order valence-electron chi connectivity index (χ2n) is 8.47. The summed E-state index contributed by atoms with van der Waals surface area (Å²) in [5.41, 5.74) is 3.90. The van der Waals surface area contributed by atoms with Gasteiger partial charge in [-0.15, -0.1) is 0 Å². The molecule has 2 aromatic heterocycles. The molecule has 1 unspecified atom stereocenters. The zero-order valence-electron chi connectivity index (χ0n) is 16.9. The van der Waals surface area contributed by atoms with Crippen molar-refractivity contribution < 1.29 is 4.79 Å². The molecular weight excluding hydrogens is 362 g/mol. The quantitative estimate of drug-likeness (QED) is 0.676. The lowest BCUT2D eigenvalue weighted by Crippen LogP contribution is -2.48. The summed E-state index contributed by atoms with van der Waals surface area (Å²) in [4.78, 5) is 31.1. The number of nitrogens with zero attached hydrogens (tertiary/aromatic N) is 5. The number of likely N-dealkylation sites (tertiary alicyclic amines) is 1. The average molecular weight is 387 g/mol. The van der Waals surface area contributed by atoms with Crippen molar-refractivity contribution >= 4 is 22.8 Å². The third kappa shape index (κ3) is 3.03. The van der Waals surface area contributed by atoms with E-state index in [4.69, 9.17) is 4.98 Å². The third-order valence-corrected chi connectivity index (χ3v) is 6.33. The summed E-state index contributed by atoms with van der Waals surface area (Å²) in [6, 6.07) is 9.87. The van der Waals surface area contributed by atoms with Gasteiger partial charge in [-0.25, -0.2) is 9.97 Å². The minimum Gasteiger partial charge on any atom is -0.347 e. The van der Waals surface area contributed by atoms with E-state index in [9.17, 15) is 4.79 Å². The van der Waals surface area contributed by atoms with E-state index < -0.39 is 0 Å². The molecule has 1 saturated heterocycles. The Hall–Kier alpha value is -3.02. The van der Waals surface area contributed by atoms with Crippen molar-refractivity contribution in [3.8, 4) is 0 Å². The molecule has 6 heteroatoms. The van der Waals surface area contributed by atoms with Crippen LogP contribution in [-0.2, 0) is 11.8 Å². The molecule has 6 nitrogen and oxygen atoms in total. The minimum atomic E-state index is -0.0543. The number of carbonyl (C=O) groups is 1.